The second kappa shape index (κ2) is 10.8. The summed E-state index contributed by atoms with van der Waals surface area (Å²) in [6.07, 6.45) is 1.56. The lowest BCUT2D eigenvalue weighted by atomic mass is 10.2. The van der Waals surface area contributed by atoms with Gasteiger partial charge in [-0.15, -0.1) is 0 Å². The number of methoxy groups -OCH3 is 2. The number of nitrogens with zero attached hydrogens (tertiary/aromatic N) is 3. The molecule has 0 radical (unpaired) electrons. The predicted octanol–water partition coefficient (Wildman–Crippen LogP) is 2.62. The Hall–Kier alpha value is -3.60. The third kappa shape index (κ3) is 6.45. The number of ether oxygens (including phenoxy) is 2. The summed E-state index contributed by atoms with van der Waals surface area (Å²) in [6, 6.07) is 14.0. The fourth-order valence-electron chi connectivity index (χ4n) is 3.13. The second-order valence-electron chi connectivity index (χ2n) is 7.13. The van der Waals surface area contributed by atoms with Gasteiger partial charge in [0.25, 0.3) is 0 Å². The highest BCUT2D eigenvalue weighted by Gasteiger charge is 2.21. The number of carbonyl (C=O) groups excluding carboxylic acids is 1. The van der Waals surface area contributed by atoms with E-state index in [-0.39, 0.29) is 31.3 Å². The molecule has 0 bridgehead atoms. The average Bonchev–Trinajstić information content (AvgIpc) is 3.29. The summed E-state index contributed by atoms with van der Waals surface area (Å²) < 4.78 is 41.4. The highest BCUT2D eigenvalue weighted by atomic mass is 32.2. The molecule has 0 aliphatic heterocycles. The summed E-state index contributed by atoms with van der Waals surface area (Å²) in [7, 11) is -0.490. The quantitative estimate of drug-likeness (QED) is 0.450. The molecular weight excluding hydrogens is 448 g/mol. The molecule has 1 aromatic heterocycles. The Morgan fingerprint density at radius 2 is 1.82 bits per heavy atom. The summed E-state index contributed by atoms with van der Waals surface area (Å²) in [5, 5.41) is 6.63. The molecule has 0 atom stereocenters. The number of sulfonamides is 1. The van der Waals surface area contributed by atoms with Gasteiger partial charge in [-0.05, 0) is 42.8 Å². The van der Waals surface area contributed by atoms with Crippen LogP contribution in [0.25, 0.3) is 11.4 Å². The van der Waals surface area contributed by atoms with Crippen LogP contribution in [0.5, 0.6) is 11.5 Å². The predicted molar refractivity (Wildman–Crippen MR) is 123 cm³/mol. The van der Waals surface area contributed by atoms with E-state index in [1.807, 2.05) is 0 Å². The first-order chi connectivity index (χ1) is 15.8. The van der Waals surface area contributed by atoms with E-state index < -0.39 is 10.0 Å². The fraction of sp³-hybridized carbons (Fsp3) is 0.318. The minimum atomic E-state index is -3.55. The molecule has 0 aliphatic rings. The lowest BCUT2D eigenvalue weighted by Crippen LogP contribution is -2.32. The Bertz CT molecular complexity index is 1180. The zero-order chi connectivity index (χ0) is 23.8. The Labute approximate surface area is 192 Å². The van der Waals surface area contributed by atoms with Crippen molar-refractivity contribution in [1.29, 1.82) is 0 Å². The van der Waals surface area contributed by atoms with Gasteiger partial charge in [0.2, 0.25) is 27.6 Å². The standard InChI is InChI=1S/C22H26N4O6S/c1-30-17-12-10-16(11-13-17)22-24-21(32-25-22)15-23-20(27)9-6-14-26(33(3,28)29)18-7-4-5-8-19(18)31-2/h4-5,7-8,10-13H,6,9,14-15H2,1-3H3,(H,23,27). The zero-order valence-corrected chi connectivity index (χ0v) is 19.5. The van der Waals surface area contributed by atoms with Gasteiger partial charge in [-0.25, -0.2) is 8.42 Å². The average molecular weight is 475 g/mol. The molecule has 1 amide bonds. The Morgan fingerprint density at radius 1 is 1.09 bits per heavy atom. The number of benzene rings is 2. The molecule has 3 aromatic rings. The van der Waals surface area contributed by atoms with Crippen LogP contribution in [0.15, 0.2) is 53.1 Å². The third-order valence-corrected chi connectivity index (χ3v) is 5.95. The maximum Gasteiger partial charge on any atom is 0.246 e. The van der Waals surface area contributed by atoms with Crippen LogP contribution in [0.4, 0.5) is 5.69 Å². The Morgan fingerprint density at radius 3 is 2.48 bits per heavy atom. The van der Waals surface area contributed by atoms with Gasteiger partial charge in [-0.2, -0.15) is 4.98 Å². The Kier molecular flexibility index (Phi) is 7.88. The van der Waals surface area contributed by atoms with Crippen LogP contribution < -0.4 is 19.1 Å². The molecule has 2 aromatic carbocycles. The molecule has 0 aliphatic carbocycles. The normalized spacial score (nSPS) is 11.1. The van der Waals surface area contributed by atoms with E-state index in [0.717, 1.165) is 17.6 Å². The third-order valence-electron chi connectivity index (χ3n) is 4.77. The number of anilines is 1. The van der Waals surface area contributed by atoms with Gasteiger partial charge in [0, 0.05) is 18.5 Å². The van der Waals surface area contributed by atoms with Crippen molar-refractivity contribution in [3.63, 3.8) is 0 Å². The molecule has 1 heterocycles. The largest absolute Gasteiger partial charge is 0.497 e. The van der Waals surface area contributed by atoms with Gasteiger partial charge in [0.1, 0.15) is 11.5 Å². The second-order valence-corrected chi connectivity index (χ2v) is 9.03. The van der Waals surface area contributed by atoms with Crippen LogP contribution in [0, 0.1) is 0 Å². The molecule has 176 valence electrons. The molecule has 1 N–H and O–H groups in total. The number of nitrogens with one attached hydrogen (secondary N) is 1. The van der Waals surface area contributed by atoms with E-state index in [4.69, 9.17) is 14.0 Å². The van der Waals surface area contributed by atoms with Gasteiger partial charge in [-0.1, -0.05) is 17.3 Å². The number of aromatic nitrogens is 2. The molecule has 0 saturated carbocycles. The van der Waals surface area contributed by atoms with Gasteiger partial charge >= 0.3 is 0 Å². The monoisotopic (exact) mass is 474 g/mol. The molecule has 11 heteroatoms. The minimum absolute atomic E-state index is 0.0737. The topological polar surface area (TPSA) is 124 Å². The molecular formula is C22H26N4O6S. The summed E-state index contributed by atoms with van der Waals surface area (Å²) in [5.74, 6) is 1.57. The number of rotatable bonds is 11. The van der Waals surface area contributed by atoms with Gasteiger partial charge in [0.15, 0.2) is 0 Å². The minimum Gasteiger partial charge on any atom is -0.497 e. The van der Waals surface area contributed by atoms with Crippen molar-refractivity contribution in [2.45, 2.75) is 19.4 Å². The van der Waals surface area contributed by atoms with Crippen molar-refractivity contribution in [2.24, 2.45) is 0 Å². The lowest BCUT2D eigenvalue weighted by molar-refractivity contribution is -0.121. The number of carbonyl (C=O) groups is 1. The highest BCUT2D eigenvalue weighted by Crippen LogP contribution is 2.29. The van der Waals surface area contributed by atoms with Crippen LogP contribution in [-0.4, -0.2) is 51.5 Å². The number of amides is 1. The van der Waals surface area contributed by atoms with Crippen LogP contribution in [0.2, 0.25) is 0 Å². The van der Waals surface area contributed by atoms with Crippen molar-refractivity contribution in [1.82, 2.24) is 15.5 Å². The van der Waals surface area contributed by atoms with Gasteiger partial charge < -0.3 is 19.3 Å². The summed E-state index contributed by atoms with van der Waals surface area (Å²) in [6.45, 7) is 0.207. The number of hydrogen-bond donors (Lipinski definition) is 1. The van der Waals surface area contributed by atoms with E-state index in [1.165, 1.54) is 11.4 Å². The molecule has 0 unspecified atom stereocenters. The van der Waals surface area contributed by atoms with E-state index in [1.54, 1.807) is 55.6 Å². The van der Waals surface area contributed by atoms with Crippen LogP contribution in [0.3, 0.4) is 0 Å². The molecule has 0 spiro atoms. The molecule has 0 saturated heterocycles. The molecule has 3 rings (SSSR count). The smallest absolute Gasteiger partial charge is 0.246 e. The maximum atomic E-state index is 12.3. The summed E-state index contributed by atoms with van der Waals surface area (Å²) in [5.41, 5.74) is 1.19. The first-order valence-corrected chi connectivity index (χ1v) is 12.0. The summed E-state index contributed by atoms with van der Waals surface area (Å²) >= 11 is 0. The highest BCUT2D eigenvalue weighted by molar-refractivity contribution is 7.92. The SMILES string of the molecule is COc1ccc(-c2noc(CNC(=O)CCCN(c3ccccc3OC)S(C)(=O)=O)n2)cc1. The van der Waals surface area contributed by atoms with Crippen LogP contribution in [-0.2, 0) is 21.4 Å². The van der Waals surface area contributed by atoms with E-state index >= 15 is 0 Å². The van der Waals surface area contributed by atoms with Gasteiger partial charge in [0.05, 0.1) is 32.7 Å². The Balaban J connectivity index is 1.52. The maximum absolute atomic E-state index is 12.3. The first kappa shape index (κ1) is 24.1. The van der Waals surface area contributed by atoms with Crippen molar-refractivity contribution in [3.8, 4) is 22.9 Å². The zero-order valence-electron chi connectivity index (χ0n) is 18.6. The van der Waals surface area contributed by atoms with Crippen molar-refractivity contribution in [2.75, 3.05) is 31.3 Å². The number of para-hydroxylation sites is 2. The van der Waals surface area contributed by atoms with Crippen LogP contribution >= 0.6 is 0 Å². The summed E-state index contributed by atoms with van der Waals surface area (Å²) in [4.78, 5) is 16.5. The molecule has 10 nitrogen and oxygen atoms in total. The fourth-order valence-corrected chi connectivity index (χ4v) is 4.10. The van der Waals surface area contributed by atoms with Crippen LogP contribution in [0.1, 0.15) is 18.7 Å². The first-order valence-electron chi connectivity index (χ1n) is 10.2. The van der Waals surface area contributed by atoms with E-state index in [9.17, 15) is 13.2 Å². The lowest BCUT2D eigenvalue weighted by Gasteiger charge is -2.24. The van der Waals surface area contributed by atoms with Gasteiger partial charge in [-0.3, -0.25) is 9.10 Å². The van der Waals surface area contributed by atoms with Crippen molar-refractivity contribution >= 4 is 21.6 Å². The van der Waals surface area contributed by atoms with Crippen molar-refractivity contribution in [3.05, 3.63) is 54.4 Å². The van der Waals surface area contributed by atoms with E-state index in [2.05, 4.69) is 15.5 Å². The van der Waals surface area contributed by atoms with E-state index in [0.29, 0.717) is 23.7 Å². The molecule has 33 heavy (non-hydrogen) atoms. The van der Waals surface area contributed by atoms with Crippen molar-refractivity contribution < 1.29 is 27.2 Å². The molecule has 0 fully saturated rings. The number of hydrogen-bond acceptors (Lipinski definition) is 8.